The molecule has 0 unspecified atom stereocenters. The highest BCUT2D eigenvalue weighted by molar-refractivity contribution is 7.13. The summed E-state index contributed by atoms with van der Waals surface area (Å²) in [6, 6.07) is -0.496. The van der Waals surface area contributed by atoms with Crippen molar-refractivity contribution in [1.82, 2.24) is 10.2 Å². The van der Waals surface area contributed by atoms with Gasteiger partial charge in [-0.3, -0.25) is 10.1 Å². The Morgan fingerprint density at radius 3 is 2.85 bits per heavy atom. The van der Waals surface area contributed by atoms with E-state index in [4.69, 9.17) is 5.73 Å². The molecule has 0 bridgehead atoms. The molecule has 5 nitrogen and oxygen atoms in total. The lowest BCUT2D eigenvalue weighted by atomic mass is 10.1. The lowest BCUT2D eigenvalue weighted by Gasteiger charge is -2.13. The molecule has 3 N–H and O–H groups in total. The minimum absolute atomic E-state index is 0.118. The molecule has 1 aromatic heterocycles. The third-order valence-electron chi connectivity index (χ3n) is 1.61. The zero-order chi connectivity index (χ0) is 9.84. The number of aromatic nitrogens is 2. The Labute approximate surface area is 80.4 Å². The van der Waals surface area contributed by atoms with E-state index in [1.54, 1.807) is 5.51 Å². The molecule has 0 spiro atoms. The van der Waals surface area contributed by atoms with Crippen molar-refractivity contribution in [3.05, 3.63) is 5.51 Å². The quantitative estimate of drug-likeness (QED) is 0.742. The van der Waals surface area contributed by atoms with Gasteiger partial charge in [0.25, 0.3) is 0 Å². The topological polar surface area (TPSA) is 80.9 Å². The van der Waals surface area contributed by atoms with Crippen molar-refractivity contribution in [3.8, 4) is 0 Å². The Bertz CT molecular complexity index is 272. The van der Waals surface area contributed by atoms with Crippen LogP contribution in [0.1, 0.15) is 13.8 Å². The molecule has 0 saturated heterocycles. The smallest absolute Gasteiger partial charge is 0.243 e. The molecular weight excluding hydrogens is 188 g/mol. The van der Waals surface area contributed by atoms with Gasteiger partial charge in [-0.25, -0.2) is 0 Å². The number of carbonyl (C=O) groups is 1. The minimum atomic E-state index is -0.496. The molecule has 0 aliphatic heterocycles. The number of rotatable bonds is 3. The molecule has 0 aliphatic carbocycles. The van der Waals surface area contributed by atoms with Crippen LogP contribution in [0.5, 0.6) is 0 Å². The van der Waals surface area contributed by atoms with Crippen LogP contribution < -0.4 is 11.1 Å². The molecule has 13 heavy (non-hydrogen) atoms. The fourth-order valence-electron chi connectivity index (χ4n) is 0.719. The summed E-state index contributed by atoms with van der Waals surface area (Å²) in [5.41, 5.74) is 7.17. The number of anilines is 1. The monoisotopic (exact) mass is 200 g/mol. The van der Waals surface area contributed by atoms with Gasteiger partial charge in [0.05, 0.1) is 6.04 Å². The molecule has 72 valence electrons. The Balaban J connectivity index is 2.51. The van der Waals surface area contributed by atoms with Crippen LogP contribution >= 0.6 is 11.3 Å². The summed E-state index contributed by atoms with van der Waals surface area (Å²) in [4.78, 5) is 11.4. The Kier molecular flexibility index (Phi) is 3.32. The van der Waals surface area contributed by atoms with E-state index in [0.29, 0.717) is 5.13 Å². The number of nitrogens with one attached hydrogen (secondary N) is 1. The summed E-state index contributed by atoms with van der Waals surface area (Å²) in [6.45, 7) is 3.79. The van der Waals surface area contributed by atoms with Gasteiger partial charge in [-0.1, -0.05) is 25.2 Å². The van der Waals surface area contributed by atoms with Crippen LogP contribution in [0.15, 0.2) is 5.51 Å². The lowest BCUT2D eigenvalue weighted by Crippen LogP contribution is -2.39. The highest BCUT2D eigenvalue weighted by Crippen LogP contribution is 2.09. The molecule has 1 atom stereocenters. The van der Waals surface area contributed by atoms with E-state index in [9.17, 15) is 4.79 Å². The number of hydrogen-bond donors (Lipinski definition) is 2. The summed E-state index contributed by atoms with van der Waals surface area (Å²) in [6.07, 6.45) is 0. The molecule has 0 radical (unpaired) electrons. The van der Waals surface area contributed by atoms with Gasteiger partial charge in [0, 0.05) is 0 Å². The van der Waals surface area contributed by atoms with Gasteiger partial charge >= 0.3 is 0 Å². The van der Waals surface area contributed by atoms with Crippen LogP contribution in [-0.4, -0.2) is 22.1 Å². The first kappa shape index (κ1) is 10.1. The second-order valence-electron chi connectivity index (χ2n) is 3.00. The van der Waals surface area contributed by atoms with Gasteiger partial charge in [-0.05, 0) is 5.92 Å². The van der Waals surface area contributed by atoms with Gasteiger partial charge in [0.15, 0.2) is 0 Å². The van der Waals surface area contributed by atoms with Crippen LogP contribution in [0.2, 0.25) is 0 Å². The molecule has 1 amide bonds. The largest absolute Gasteiger partial charge is 0.320 e. The van der Waals surface area contributed by atoms with Crippen molar-refractivity contribution in [3.63, 3.8) is 0 Å². The molecule has 1 rings (SSSR count). The highest BCUT2D eigenvalue weighted by atomic mass is 32.1. The standard InChI is InChI=1S/C7H12N4OS/c1-4(2)5(8)6(12)10-7-11-9-3-13-7/h3-5H,8H2,1-2H3,(H,10,11,12)/t5-/m1/s1. The maximum atomic E-state index is 11.4. The lowest BCUT2D eigenvalue weighted by molar-refractivity contribution is -0.118. The number of amides is 1. The fourth-order valence-corrected chi connectivity index (χ4v) is 1.17. The van der Waals surface area contributed by atoms with Crippen molar-refractivity contribution in [2.45, 2.75) is 19.9 Å². The van der Waals surface area contributed by atoms with Crippen molar-refractivity contribution in [2.75, 3.05) is 5.32 Å². The Morgan fingerprint density at radius 1 is 1.69 bits per heavy atom. The van der Waals surface area contributed by atoms with Gasteiger partial charge in [-0.15, -0.1) is 10.2 Å². The number of hydrogen-bond acceptors (Lipinski definition) is 5. The highest BCUT2D eigenvalue weighted by Gasteiger charge is 2.17. The van der Waals surface area contributed by atoms with Crippen LogP contribution in [-0.2, 0) is 4.79 Å². The van der Waals surface area contributed by atoms with Crippen molar-refractivity contribution >= 4 is 22.4 Å². The van der Waals surface area contributed by atoms with E-state index in [-0.39, 0.29) is 11.8 Å². The summed E-state index contributed by atoms with van der Waals surface area (Å²) in [5.74, 6) is -0.0975. The van der Waals surface area contributed by atoms with Crippen molar-refractivity contribution in [1.29, 1.82) is 0 Å². The average molecular weight is 200 g/mol. The first-order chi connectivity index (χ1) is 6.11. The molecule has 0 saturated carbocycles. The van der Waals surface area contributed by atoms with E-state index >= 15 is 0 Å². The van der Waals surface area contributed by atoms with Crippen LogP contribution in [0, 0.1) is 5.92 Å². The summed E-state index contributed by atoms with van der Waals surface area (Å²) in [5, 5.41) is 10.3. The van der Waals surface area contributed by atoms with E-state index in [1.807, 2.05) is 13.8 Å². The number of carbonyl (C=O) groups excluding carboxylic acids is 1. The van der Waals surface area contributed by atoms with E-state index in [1.165, 1.54) is 11.3 Å². The minimum Gasteiger partial charge on any atom is -0.320 e. The Morgan fingerprint density at radius 2 is 2.38 bits per heavy atom. The van der Waals surface area contributed by atoms with E-state index in [2.05, 4.69) is 15.5 Å². The van der Waals surface area contributed by atoms with Crippen LogP contribution in [0.25, 0.3) is 0 Å². The fraction of sp³-hybridized carbons (Fsp3) is 0.571. The third kappa shape index (κ3) is 2.74. The van der Waals surface area contributed by atoms with Gasteiger partial charge < -0.3 is 5.73 Å². The second kappa shape index (κ2) is 4.29. The molecule has 0 fully saturated rings. The molecule has 6 heteroatoms. The zero-order valence-corrected chi connectivity index (χ0v) is 8.34. The Hall–Kier alpha value is -1.01. The van der Waals surface area contributed by atoms with Crippen molar-refractivity contribution in [2.24, 2.45) is 11.7 Å². The summed E-state index contributed by atoms with van der Waals surface area (Å²) < 4.78 is 0. The van der Waals surface area contributed by atoms with Crippen LogP contribution in [0.3, 0.4) is 0 Å². The molecule has 0 aliphatic rings. The van der Waals surface area contributed by atoms with E-state index in [0.717, 1.165) is 0 Å². The van der Waals surface area contributed by atoms with Gasteiger partial charge in [0.1, 0.15) is 5.51 Å². The second-order valence-corrected chi connectivity index (χ2v) is 3.84. The summed E-state index contributed by atoms with van der Waals surface area (Å²) >= 11 is 1.27. The molecule has 1 heterocycles. The maximum absolute atomic E-state index is 11.4. The summed E-state index contributed by atoms with van der Waals surface area (Å²) in [7, 11) is 0. The van der Waals surface area contributed by atoms with Crippen LogP contribution in [0.4, 0.5) is 5.13 Å². The number of nitrogens with two attached hydrogens (primary N) is 1. The first-order valence-electron chi connectivity index (χ1n) is 3.94. The van der Waals surface area contributed by atoms with E-state index < -0.39 is 6.04 Å². The normalized spacial score (nSPS) is 12.9. The predicted molar refractivity (Wildman–Crippen MR) is 51.4 cm³/mol. The molecule has 1 aromatic rings. The average Bonchev–Trinajstić information content (AvgIpc) is 2.55. The number of nitrogens with zero attached hydrogens (tertiary/aromatic N) is 2. The van der Waals surface area contributed by atoms with Crippen molar-refractivity contribution < 1.29 is 4.79 Å². The molecular formula is C7H12N4OS. The predicted octanol–water partition coefficient (Wildman–Crippen LogP) is 0.460. The third-order valence-corrected chi connectivity index (χ3v) is 2.22. The zero-order valence-electron chi connectivity index (χ0n) is 7.52. The van der Waals surface area contributed by atoms with Gasteiger partial charge in [0.2, 0.25) is 11.0 Å². The maximum Gasteiger partial charge on any atom is 0.243 e. The van der Waals surface area contributed by atoms with Gasteiger partial charge in [-0.2, -0.15) is 0 Å². The SMILES string of the molecule is CC(C)[C@@H](N)C(=O)Nc1nncs1. The molecule has 0 aromatic carbocycles. The first-order valence-corrected chi connectivity index (χ1v) is 4.82.